The number of hydrogen-bond acceptors (Lipinski definition) is 4. The minimum atomic E-state index is -0.295. The molecule has 0 saturated carbocycles. The van der Waals surface area contributed by atoms with Crippen LogP contribution in [0.4, 0.5) is 17.1 Å². The maximum atomic E-state index is 12.3. The van der Waals surface area contributed by atoms with Gasteiger partial charge in [-0.05, 0) is 30.3 Å². The summed E-state index contributed by atoms with van der Waals surface area (Å²) in [5, 5.41) is 2.80. The van der Waals surface area contributed by atoms with Crippen molar-refractivity contribution in [2.45, 2.75) is 6.92 Å². The van der Waals surface area contributed by atoms with Gasteiger partial charge >= 0.3 is 0 Å². The number of hydrogen-bond donors (Lipinski definition) is 1. The van der Waals surface area contributed by atoms with Gasteiger partial charge < -0.3 is 15.1 Å². The molecule has 1 heterocycles. The molecule has 2 amide bonds. The van der Waals surface area contributed by atoms with Crippen LogP contribution in [0, 0.1) is 0 Å². The van der Waals surface area contributed by atoms with E-state index in [9.17, 15) is 9.59 Å². The first-order valence-corrected chi connectivity index (χ1v) is 7.17. The van der Waals surface area contributed by atoms with Gasteiger partial charge in [-0.1, -0.05) is 6.07 Å². The van der Waals surface area contributed by atoms with Gasteiger partial charge in [-0.2, -0.15) is 0 Å². The Morgan fingerprint density at radius 2 is 1.78 bits per heavy atom. The Kier molecular flexibility index (Phi) is 4.95. The Morgan fingerprint density at radius 3 is 2.43 bits per heavy atom. The molecule has 0 spiro atoms. The molecule has 0 atom stereocenters. The van der Waals surface area contributed by atoms with Gasteiger partial charge in [0.1, 0.15) is 5.69 Å². The minimum Gasteiger partial charge on any atom is -0.378 e. The first-order valence-electron chi connectivity index (χ1n) is 7.17. The minimum absolute atomic E-state index is 0.0752. The summed E-state index contributed by atoms with van der Waals surface area (Å²) in [7, 11) is 5.49. The number of amides is 2. The molecule has 0 bridgehead atoms. The molecular formula is C17H20N4O2. The van der Waals surface area contributed by atoms with Crippen molar-refractivity contribution in [3.8, 4) is 0 Å². The average molecular weight is 312 g/mol. The molecule has 120 valence electrons. The van der Waals surface area contributed by atoms with E-state index in [1.807, 2.05) is 31.1 Å². The highest BCUT2D eigenvalue weighted by Crippen LogP contribution is 2.19. The molecule has 1 N–H and O–H groups in total. The molecule has 6 nitrogen and oxygen atoms in total. The van der Waals surface area contributed by atoms with Gasteiger partial charge in [-0.15, -0.1) is 0 Å². The van der Waals surface area contributed by atoms with E-state index < -0.39 is 0 Å². The summed E-state index contributed by atoms with van der Waals surface area (Å²) in [6, 6.07) is 10.7. The van der Waals surface area contributed by atoms with E-state index in [0.717, 1.165) is 5.69 Å². The molecule has 0 unspecified atom stereocenters. The quantitative estimate of drug-likeness (QED) is 0.941. The predicted molar refractivity (Wildman–Crippen MR) is 92.0 cm³/mol. The normalized spacial score (nSPS) is 10.1. The lowest BCUT2D eigenvalue weighted by Crippen LogP contribution is -2.23. The van der Waals surface area contributed by atoms with Crippen molar-refractivity contribution in [2.24, 2.45) is 0 Å². The smallest absolute Gasteiger partial charge is 0.274 e. The number of nitrogens with zero attached hydrogens (tertiary/aromatic N) is 3. The Hall–Kier alpha value is -2.89. The Labute approximate surface area is 135 Å². The number of aromatic nitrogens is 1. The van der Waals surface area contributed by atoms with E-state index in [-0.39, 0.29) is 11.8 Å². The van der Waals surface area contributed by atoms with Crippen LogP contribution in [0.3, 0.4) is 0 Å². The highest BCUT2D eigenvalue weighted by molar-refractivity contribution is 6.03. The van der Waals surface area contributed by atoms with Crippen LogP contribution in [-0.2, 0) is 4.79 Å². The molecule has 6 heteroatoms. The van der Waals surface area contributed by atoms with E-state index in [0.29, 0.717) is 17.1 Å². The second kappa shape index (κ2) is 6.91. The van der Waals surface area contributed by atoms with Gasteiger partial charge in [-0.25, -0.2) is 0 Å². The SMILES string of the molecule is CC(=O)N(C)c1cccc(NC(=O)c2cc(N(C)C)ccn2)c1. The summed E-state index contributed by atoms with van der Waals surface area (Å²) in [6.45, 7) is 1.49. The Balaban J connectivity index is 2.19. The van der Waals surface area contributed by atoms with Gasteiger partial charge in [-0.3, -0.25) is 14.6 Å². The molecule has 2 aromatic rings. The molecule has 0 radical (unpaired) electrons. The highest BCUT2D eigenvalue weighted by Gasteiger charge is 2.11. The van der Waals surface area contributed by atoms with E-state index in [2.05, 4.69) is 10.3 Å². The molecular weight excluding hydrogens is 292 g/mol. The summed E-state index contributed by atoms with van der Waals surface area (Å²) >= 11 is 0. The van der Waals surface area contributed by atoms with E-state index in [1.165, 1.54) is 11.8 Å². The third kappa shape index (κ3) is 4.06. The van der Waals surface area contributed by atoms with Crippen molar-refractivity contribution in [3.63, 3.8) is 0 Å². The van der Waals surface area contributed by atoms with Gasteiger partial charge in [0, 0.05) is 51.3 Å². The van der Waals surface area contributed by atoms with Crippen LogP contribution in [0.1, 0.15) is 17.4 Å². The molecule has 0 aliphatic rings. The molecule has 23 heavy (non-hydrogen) atoms. The summed E-state index contributed by atoms with van der Waals surface area (Å²) in [5.41, 5.74) is 2.56. The molecule has 1 aromatic heterocycles. The van der Waals surface area contributed by atoms with Crippen LogP contribution in [0.15, 0.2) is 42.6 Å². The monoisotopic (exact) mass is 312 g/mol. The van der Waals surface area contributed by atoms with Crippen LogP contribution in [0.25, 0.3) is 0 Å². The summed E-state index contributed by atoms with van der Waals surface area (Å²) < 4.78 is 0. The second-order valence-electron chi connectivity index (χ2n) is 5.38. The van der Waals surface area contributed by atoms with Gasteiger partial charge in [0.25, 0.3) is 5.91 Å². The molecule has 0 aliphatic carbocycles. The molecule has 0 saturated heterocycles. The maximum absolute atomic E-state index is 12.3. The van der Waals surface area contributed by atoms with Crippen molar-refractivity contribution < 1.29 is 9.59 Å². The predicted octanol–water partition coefficient (Wildman–Crippen LogP) is 2.38. The molecule has 0 fully saturated rings. The fourth-order valence-electron chi connectivity index (χ4n) is 1.99. The zero-order valence-electron chi connectivity index (χ0n) is 13.7. The van der Waals surface area contributed by atoms with E-state index >= 15 is 0 Å². The number of carbonyl (C=O) groups excluding carboxylic acids is 2. The van der Waals surface area contributed by atoms with Crippen molar-refractivity contribution in [2.75, 3.05) is 36.3 Å². The summed E-state index contributed by atoms with van der Waals surface area (Å²) in [4.78, 5) is 31.3. The van der Waals surface area contributed by atoms with Crippen LogP contribution in [0.2, 0.25) is 0 Å². The zero-order chi connectivity index (χ0) is 17.0. The first-order chi connectivity index (χ1) is 10.9. The molecule has 0 aliphatic heterocycles. The van der Waals surface area contributed by atoms with E-state index in [4.69, 9.17) is 0 Å². The van der Waals surface area contributed by atoms with Gasteiger partial charge in [0.15, 0.2) is 0 Å². The maximum Gasteiger partial charge on any atom is 0.274 e. The third-order valence-electron chi connectivity index (χ3n) is 3.46. The fraction of sp³-hybridized carbons (Fsp3) is 0.235. The number of anilines is 3. The second-order valence-corrected chi connectivity index (χ2v) is 5.38. The number of rotatable bonds is 4. The third-order valence-corrected chi connectivity index (χ3v) is 3.46. The van der Waals surface area contributed by atoms with Crippen LogP contribution < -0.4 is 15.1 Å². The van der Waals surface area contributed by atoms with Crippen molar-refractivity contribution in [3.05, 3.63) is 48.3 Å². The lowest BCUT2D eigenvalue weighted by molar-refractivity contribution is -0.116. The Bertz CT molecular complexity index is 728. The number of carbonyl (C=O) groups is 2. The molecule has 1 aromatic carbocycles. The molecule has 2 rings (SSSR count). The lowest BCUT2D eigenvalue weighted by Gasteiger charge is -2.16. The van der Waals surface area contributed by atoms with Gasteiger partial charge in [0.05, 0.1) is 0 Å². The number of pyridine rings is 1. The van der Waals surface area contributed by atoms with E-state index in [1.54, 1.807) is 37.5 Å². The lowest BCUT2D eigenvalue weighted by atomic mass is 10.2. The van der Waals surface area contributed by atoms with Crippen molar-refractivity contribution in [1.82, 2.24) is 4.98 Å². The first kappa shape index (κ1) is 16.5. The number of nitrogens with one attached hydrogen (secondary N) is 1. The highest BCUT2D eigenvalue weighted by atomic mass is 16.2. The van der Waals surface area contributed by atoms with Crippen molar-refractivity contribution >= 4 is 28.9 Å². The zero-order valence-corrected chi connectivity index (χ0v) is 13.7. The van der Waals surface area contributed by atoms with Crippen LogP contribution in [0.5, 0.6) is 0 Å². The van der Waals surface area contributed by atoms with Crippen LogP contribution >= 0.6 is 0 Å². The van der Waals surface area contributed by atoms with Gasteiger partial charge in [0.2, 0.25) is 5.91 Å². The standard InChI is InChI=1S/C17H20N4O2/c1-12(22)21(4)15-7-5-6-13(10-15)19-17(23)16-11-14(20(2)3)8-9-18-16/h5-11H,1-4H3,(H,19,23). The Morgan fingerprint density at radius 1 is 1.04 bits per heavy atom. The van der Waals surface area contributed by atoms with Crippen LogP contribution in [-0.4, -0.2) is 37.9 Å². The topological polar surface area (TPSA) is 65.5 Å². The largest absolute Gasteiger partial charge is 0.378 e. The average Bonchev–Trinajstić information content (AvgIpc) is 2.54. The summed E-state index contributed by atoms with van der Waals surface area (Å²) in [6.07, 6.45) is 1.60. The number of benzene rings is 1. The van der Waals surface area contributed by atoms with Crippen molar-refractivity contribution in [1.29, 1.82) is 0 Å². The fourth-order valence-corrected chi connectivity index (χ4v) is 1.99. The summed E-state index contributed by atoms with van der Waals surface area (Å²) in [5.74, 6) is -0.370.